The Bertz CT molecular complexity index is 323. The van der Waals surface area contributed by atoms with Gasteiger partial charge in [-0.25, -0.2) is 0 Å². The number of thioether (sulfide) groups is 1. The monoisotopic (exact) mass is 287 g/mol. The zero-order valence-corrected chi connectivity index (χ0v) is 12.6. The molecule has 3 unspecified atom stereocenters. The fraction of sp³-hybridized carbons (Fsp3) is 0.846. The van der Waals surface area contributed by atoms with Crippen LogP contribution in [-0.4, -0.2) is 34.5 Å². The number of carbonyl (C=O) groups is 1. The normalized spacial score (nSPS) is 25.9. The van der Waals surface area contributed by atoms with Gasteiger partial charge in [0, 0.05) is 11.3 Å². The lowest BCUT2D eigenvalue weighted by molar-refractivity contribution is -0.124. The fourth-order valence-corrected chi connectivity index (χ4v) is 3.39. The van der Waals surface area contributed by atoms with Crippen LogP contribution in [0.25, 0.3) is 0 Å². The summed E-state index contributed by atoms with van der Waals surface area (Å²) in [4.78, 5) is 12.2. The van der Waals surface area contributed by atoms with Crippen molar-refractivity contribution < 1.29 is 10.0 Å². The third kappa shape index (κ3) is 4.93. The molecule has 1 aliphatic rings. The summed E-state index contributed by atoms with van der Waals surface area (Å²) in [5.74, 6) is -0.606. The van der Waals surface area contributed by atoms with Crippen LogP contribution in [0.2, 0.25) is 0 Å². The van der Waals surface area contributed by atoms with E-state index in [1.165, 1.54) is 6.42 Å². The van der Waals surface area contributed by atoms with Crippen LogP contribution in [0.1, 0.15) is 45.4 Å². The van der Waals surface area contributed by atoms with E-state index in [4.69, 9.17) is 10.9 Å². The predicted octanol–water partition coefficient (Wildman–Crippen LogP) is 1.94. The minimum absolute atomic E-state index is 0.0107. The Morgan fingerprint density at radius 2 is 2.32 bits per heavy atom. The highest BCUT2D eigenvalue weighted by Crippen LogP contribution is 2.27. The largest absolute Gasteiger partial charge is 0.409 e. The molecule has 1 aliphatic carbocycles. The molecule has 0 aromatic rings. The van der Waals surface area contributed by atoms with Gasteiger partial charge in [0.15, 0.2) is 5.84 Å². The Kier molecular flexibility index (Phi) is 7.05. The van der Waals surface area contributed by atoms with Crippen molar-refractivity contribution in [3.8, 4) is 0 Å². The molecule has 1 fully saturated rings. The third-order valence-corrected chi connectivity index (χ3v) is 4.77. The maximum Gasteiger partial charge on any atom is 0.231 e. The summed E-state index contributed by atoms with van der Waals surface area (Å²) in [5.41, 5.74) is 5.60. The Labute approximate surface area is 119 Å². The van der Waals surface area contributed by atoms with Crippen molar-refractivity contribution in [2.75, 3.05) is 6.26 Å². The molecule has 1 amide bonds. The van der Waals surface area contributed by atoms with Gasteiger partial charge in [0.1, 0.15) is 0 Å². The van der Waals surface area contributed by atoms with Crippen LogP contribution in [0.4, 0.5) is 0 Å². The van der Waals surface area contributed by atoms with Gasteiger partial charge in [0.25, 0.3) is 0 Å². The number of carbonyl (C=O) groups excluding carboxylic acids is 1. The lowest BCUT2D eigenvalue weighted by Crippen LogP contribution is -2.45. The van der Waals surface area contributed by atoms with E-state index >= 15 is 0 Å². The molecular formula is C13H25N3O2S. The maximum atomic E-state index is 12.2. The summed E-state index contributed by atoms with van der Waals surface area (Å²) in [7, 11) is 0. The summed E-state index contributed by atoms with van der Waals surface area (Å²) < 4.78 is 0. The first-order valence-electron chi connectivity index (χ1n) is 6.92. The van der Waals surface area contributed by atoms with Crippen LogP contribution in [0.3, 0.4) is 0 Å². The van der Waals surface area contributed by atoms with Gasteiger partial charge in [-0.3, -0.25) is 4.79 Å². The molecule has 19 heavy (non-hydrogen) atoms. The second-order valence-electron chi connectivity index (χ2n) is 5.10. The molecule has 6 heteroatoms. The quantitative estimate of drug-likeness (QED) is 0.301. The molecule has 1 saturated carbocycles. The number of amidine groups is 1. The summed E-state index contributed by atoms with van der Waals surface area (Å²) in [6, 6.07) is 0.226. The van der Waals surface area contributed by atoms with Gasteiger partial charge in [-0.15, -0.1) is 0 Å². The number of hydrogen-bond donors (Lipinski definition) is 3. The molecule has 0 spiro atoms. The summed E-state index contributed by atoms with van der Waals surface area (Å²) >= 11 is 1.87. The van der Waals surface area contributed by atoms with Crippen molar-refractivity contribution in [1.29, 1.82) is 0 Å². The van der Waals surface area contributed by atoms with E-state index < -0.39 is 5.92 Å². The number of nitrogens with one attached hydrogen (secondary N) is 1. The highest BCUT2D eigenvalue weighted by Gasteiger charge is 2.27. The SMILES string of the molecule is CCCC(C(=O)NC1CCCC(SC)C1)C(N)=NO. The number of hydrogen-bond acceptors (Lipinski definition) is 4. The zero-order chi connectivity index (χ0) is 14.3. The van der Waals surface area contributed by atoms with Crippen molar-refractivity contribution in [2.24, 2.45) is 16.8 Å². The van der Waals surface area contributed by atoms with Gasteiger partial charge in [-0.1, -0.05) is 24.9 Å². The van der Waals surface area contributed by atoms with Crippen molar-refractivity contribution in [3.05, 3.63) is 0 Å². The van der Waals surface area contributed by atoms with Crippen LogP contribution >= 0.6 is 11.8 Å². The number of nitrogens with zero attached hydrogens (tertiary/aromatic N) is 1. The average molecular weight is 287 g/mol. The molecule has 0 aromatic carbocycles. The molecule has 0 bridgehead atoms. The minimum Gasteiger partial charge on any atom is -0.409 e. The first-order chi connectivity index (χ1) is 9.12. The van der Waals surface area contributed by atoms with Crippen LogP contribution < -0.4 is 11.1 Å². The molecule has 0 radical (unpaired) electrons. The van der Waals surface area contributed by atoms with Gasteiger partial charge >= 0.3 is 0 Å². The molecule has 0 aromatic heterocycles. The summed E-state index contributed by atoms with van der Waals surface area (Å²) in [5, 5.41) is 15.4. The van der Waals surface area contributed by atoms with Crippen LogP contribution in [0.5, 0.6) is 0 Å². The lowest BCUT2D eigenvalue weighted by atomic mass is 9.93. The van der Waals surface area contributed by atoms with Gasteiger partial charge in [0.05, 0.1) is 5.92 Å². The van der Waals surface area contributed by atoms with E-state index in [0.717, 1.165) is 25.7 Å². The Balaban J connectivity index is 2.56. The van der Waals surface area contributed by atoms with Crippen molar-refractivity contribution in [2.45, 2.75) is 56.7 Å². The molecule has 4 N–H and O–H groups in total. The minimum atomic E-state index is -0.510. The zero-order valence-electron chi connectivity index (χ0n) is 11.8. The highest BCUT2D eigenvalue weighted by molar-refractivity contribution is 7.99. The lowest BCUT2D eigenvalue weighted by Gasteiger charge is -2.29. The topological polar surface area (TPSA) is 87.7 Å². The molecule has 0 aliphatic heterocycles. The van der Waals surface area contributed by atoms with E-state index in [0.29, 0.717) is 11.7 Å². The molecule has 0 heterocycles. The Morgan fingerprint density at radius 1 is 1.58 bits per heavy atom. The number of oxime groups is 1. The van der Waals surface area contributed by atoms with E-state index in [-0.39, 0.29) is 17.8 Å². The highest BCUT2D eigenvalue weighted by atomic mass is 32.2. The van der Waals surface area contributed by atoms with Gasteiger partial charge in [-0.2, -0.15) is 11.8 Å². The van der Waals surface area contributed by atoms with E-state index in [9.17, 15) is 4.79 Å². The molecule has 110 valence electrons. The smallest absolute Gasteiger partial charge is 0.231 e. The van der Waals surface area contributed by atoms with Crippen LogP contribution in [0, 0.1) is 5.92 Å². The van der Waals surface area contributed by atoms with E-state index in [1.54, 1.807) is 0 Å². The standard InChI is InChI=1S/C13H25N3O2S/c1-3-5-11(12(14)16-18)13(17)15-9-6-4-7-10(8-9)19-2/h9-11,18H,3-8H2,1-2H3,(H2,14,16)(H,15,17). The Morgan fingerprint density at radius 3 is 2.89 bits per heavy atom. The predicted molar refractivity (Wildman–Crippen MR) is 79.5 cm³/mol. The molecule has 5 nitrogen and oxygen atoms in total. The van der Waals surface area contributed by atoms with Gasteiger partial charge < -0.3 is 16.3 Å². The first kappa shape index (κ1) is 16.1. The second-order valence-corrected chi connectivity index (χ2v) is 6.23. The number of amides is 1. The average Bonchev–Trinajstić information content (AvgIpc) is 2.44. The molecule has 1 rings (SSSR count). The second kappa shape index (κ2) is 8.30. The molecule has 0 saturated heterocycles. The third-order valence-electron chi connectivity index (χ3n) is 3.67. The van der Waals surface area contributed by atoms with Crippen molar-refractivity contribution >= 4 is 23.5 Å². The van der Waals surface area contributed by atoms with Gasteiger partial charge in [0.2, 0.25) is 5.91 Å². The van der Waals surface area contributed by atoms with E-state index in [2.05, 4.69) is 16.7 Å². The van der Waals surface area contributed by atoms with Crippen LogP contribution in [0.15, 0.2) is 5.16 Å². The maximum absolute atomic E-state index is 12.2. The Hall–Kier alpha value is -0.910. The molecular weight excluding hydrogens is 262 g/mol. The number of rotatable bonds is 6. The van der Waals surface area contributed by atoms with Crippen LogP contribution in [-0.2, 0) is 4.79 Å². The number of nitrogens with two attached hydrogens (primary N) is 1. The first-order valence-corrected chi connectivity index (χ1v) is 8.21. The van der Waals surface area contributed by atoms with Crippen molar-refractivity contribution in [1.82, 2.24) is 5.32 Å². The summed E-state index contributed by atoms with van der Waals surface area (Å²) in [6.45, 7) is 1.98. The molecule has 3 atom stereocenters. The van der Waals surface area contributed by atoms with E-state index in [1.807, 2.05) is 18.7 Å². The fourth-order valence-electron chi connectivity index (χ4n) is 2.56. The summed E-state index contributed by atoms with van der Waals surface area (Å²) in [6.07, 6.45) is 7.97. The van der Waals surface area contributed by atoms with Gasteiger partial charge in [-0.05, 0) is 31.9 Å². The van der Waals surface area contributed by atoms with Crippen molar-refractivity contribution in [3.63, 3.8) is 0 Å².